The summed E-state index contributed by atoms with van der Waals surface area (Å²) in [4.78, 5) is 14.3. The molecule has 1 rings (SSSR count). The molecule has 0 aliphatic rings. The third-order valence-electron chi connectivity index (χ3n) is 1.56. The molecule has 0 saturated carbocycles. The highest BCUT2D eigenvalue weighted by molar-refractivity contribution is 5.95. The fourth-order valence-electron chi connectivity index (χ4n) is 0.707. The van der Waals surface area contributed by atoms with Crippen molar-refractivity contribution in [2.24, 2.45) is 5.73 Å². The number of aromatic amines is 1. The summed E-state index contributed by atoms with van der Waals surface area (Å²) in [6, 6.07) is 0. The van der Waals surface area contributed by atoms with Crippen LogP contribution in [0.3, 0.4) is 0 Å². The Hall–Kier alpha value is -1.64. The van der Waals surface area contributed by atoms with Gasteiger partial charge in [-0.05, 0) is 13.8 Å². The van der Waals surface area contributed by atoms with E-state index in [9.17, 15) is 18.0 Å². The molecule has 4 N–H and O–H groups in total. The number of nitrogens with two attached hydrogens (primary N) is 1. The van der Waals surface area contributed by atoms with E-state index in [1.54, 1.807) is 5.10 Å². The van der Waals surface area contributed by atoms with Crippen molar-refractivity contribution in [3.05, 3.63) is 5.82 Å². The normalized spacial score (nSPS) is 12.6. The molecule has 1 heterocycles. The Kier molecular flexibility index (Phi) is 2.91. The van der Waals surface area contributed by atoms with E-state index < -0.39 is 29.4 Å². The Bertz CT molecular complexity index is 391. The van der Waals surface area contributed by atoms with E-state index in [0.717, 1.165) is 0 Å². The van der Waals surface area contributed by atoms with E-state index >= 15 is 0 Å². The zero-order valence-electron chi connectivity index (χ0n) is 8.51. The Morgan fingerprint density at radius 2 is 2.00 bits per heavy atom. The number of hydrogen-bond donors (Lipinski definition) is 3. The van der Waals surface area contributed by atoms with Crippen molar-refractivity contribution in [1.29, 1.82) is 0 Å². The predicted molar refractivity (Wildman–Crippen MR) is 48.3 cm³/mol. The van der Waals surface area contributed by atoms with Crippen LogP contribution in [-0.4, -0.2) is 26.6 Å². The molecule has 0 spiro atoms. The van der Waals surface area contributed by atoms with Gasteiger partial charge in [0.05, 0.1) is 5.54 Å². The molecular weight excluding hydrogens is 227 g/mol. The Morgan fingerprint density at radius 1 is 1.44 bits per heavy atom. The van der Waals surface area contributed by atoms with Gasteiger partial charge in [0, 0.05) is 0 Å². The third-order valence-corrected chi connectivity index (χ3v) is 1.56. The minimum atomic E-state index is -4.63. The first kappa shape index (κ1) is 12.4. The summed E-state index contributed by atoms with van der Waals surface area (Å²) in [5.41, 5.74) is 4.20. The maximum Gasteiger partial charge on any atom is 0.451 e. The lowest BCUT2D eigenvalue weighted by Crippen LogP contribution is -2.45. The van der Waals surface area contributed by atoms with Crippen LogP contribution in [0.15, 0.2) is 0 Å². The molecule has 0 radical (unpaired) electrons. The second kappa shape index (κ2) is 3.74. The number of halogens is 3. The van der Waals surface area contributed by atoms with Crippen molar-refractivity contribution in [2.75, 3.05) is 5.32 Å². The topological polar surface area (TPSA) is 96.7 Å². The van der Waals surface area contributed by atoms with Gasteiger partial charge in [-0.3, -0.25) is 15.2 Å². The zero-order chi connectivity index (χ0) is 12.6. The van der Waals surface area contributed by atoms with Crippen LogP contribution in [0.5, 0.6) is 0 Å². The molecule has 0 unspecified atom stereocenters. The highest BCUT2D eigenvalue weighted by Crippen LogP contribution is 2.26. The first-order valence-corrected chi connectivity index (χ1v) is 4.20. The van der Waals surface area contributed by atoms with Crippen LogP contribution in [0.1, 0.15) is 19.7 Å². The summed E-state index contributed by atoms with van der Waals surface area (Å²) >= 11 is 0. The Morgan fingerprint density at radius 3 is 2.38 bits per heavy atom. The molecule has 0 aliphatic heterocycles. The number of nitrogens with zero attached hydrogens (tertiary/aromatic N) is 2. The van der Waals surface area contributed by atoms with Crippen molar-refractivity contribution >= 4 is 11.9 Å². The van der Waals surface area contributed by atoms with E-state index in [4.69, 9.17) is 5.73 Å². The summed E-state index contributed by atoms with van der Waals surface area (Å²) in [6.07, 6.45) is -4.63. The first-order valence-electron chi connectivity index (χ1n) is 4.20. The van der Waals surface area contributed by atoms with Gasteiger partial charge in [0.1, 0.15) is 0 Å². The second-order valence-electron chi connectivity index (χ2n) is 3.68. The largest absolute Gasteiger partial charge is 0.451 e. The molecule has 0 bridgehead atoms. The number of carbonyl (C=O) groups excluding carboxylic acids is 1. The first-order chi connectivity index (χ1) is 7.10. The van der Waals surface area contributed by atoms with Crippen molar-refractivity contribution < 1.29 is 18.0 Å². The van der Waals surface area contributed by atoms with Gasteiger partial charge in [-0.25, -0.2) is 0 Å². The van der Waals surface area contributed by atoms with Crippen LogP contribution in [0.4, 0.5) is 19.1 Å². The molecule has 90 valence electrons. The summed E-state index contributed by atoms with van der Waals surface area (Å²) in [5, 5.41) is 6.91. The van der Waals surface area contributed by atoms with Gasteiger partial charge >= 0.3 is 6.18 Å². The van der Waals surface area contributed by atoms with Crippen molar-refractivity contribution in [1.82, 2.24) is 15.2 Å². The Balaban J connectivity index is 2.78. The molecule has 1 aromatic heterocycles. The number of aromatic nitrogens is 3. The molecule has 0 aliphatic carbocycles. The minimum Gasteiger partial charge on any atom is -0.318 e. The van der Waals surface area contributed by atoms with Crippen LogP contribution in [0.25, 0.3) is 0 Å². The highest BCUT2D eigenvalue weighted by atomic mass is 19.4. The van der Waals surface area contributed by atoms with Gasteiger partial charge in [-0.2, -0.15) is 18.2 Å². The molecule has 9 heteroatoms. The zero-order valence-corrected chi connectivity index (χ0v) is 8.51. The number of carbonyl (C=O) groups is 1. The van der Waals surface area contributed by atoms with Crippen LogP contribution in [0, 0.1) is 0 Å². The van der Waals surface area contributed by atoms with E-state index in [0.29, 0.717) is 0 Å². The third kappa shape index (κ3) is 2.92. The van der Waals surface area contributed by atoms with Crippen LogP contribution in [-0.2, 0) is 11.0 Å². The van der Waals surface area contributed by atoms with Gasteiger partial charge in [0.15, 0.2) is 0 Å². The average molecular weight is 237 g/mol. The van der Waals surface area contributed by atoms with Gasteiger partial charge in [-0.1, -0.05) is 0 Å². The number of H-pyrrole nitrogens is 1. The van der Waals surface area contributed by atoms with E-state index in [2.05, 4.69) is 15.4 Å². The van der Waals surface area contributed by atoms with Crippen molar-refractivity contribution in [2.45, 2.75) is 25.6 Å². The monoisotopic (exact) mass is 237 g/mol. The van der Waals surface area contributed by atoms with Gasteiger partial charge in [0.25, 0.3) is 0 Å². The molecule has 1 amide bonds. The predicted octanol–water partition coefficient (Wildman–Crippen LogP) is 0.499. The maximum absolute atomic E-state index is 12.1. The number of amides is 1. The van der Waals surface area contributed by atoms with Crippen molar-refractivity contribution in [3.8, 4) is 0 Å². The second-order valence-corrected chi connectivity index (χ2v) is 3.68. The summed E-state index contributed by atoms with van der Waals surface area (Å²) in [7, 11) is 0. The van der Waals surface area contributed by atoms with E-state index in [-0.39, 0.29) is 0 Å². The lowest BCUT2D eigenvalue weighted by molar-refractivity contribution is -0.144. The maximum atomic E-state index is 12.1. The molecule has 0 aromatic carbocycles. The molecule has 1 aromatic rings. The van der Waals surface area contributed by atoms with E-state index in [1.807, 2.05) is 0 Å². The SMILES string of the molecule is CC(C)(N)C(=O)Nc1n[nH]c(C(F)(F)F)n1. The standard InChI is InChI=1S/C7H10F3N5O/c1-6(2,11)4(16)13-5-12-3(14-15-5)7(8,9)10/h11H2,1-2H3,(H2,12,13,14,15,16). The fourth-order valence-corrected chi connectivity index (χ4v) is 0.707. The average Bonchev–Trinajstić information content (AvgIpc) is 2.49. The number of nitrogens with one attached hydrogen (secondary N) is 2. The van der Waals surface area contributed by atoms with Crippen LogP contribution in [0.2, 0.25) is 0 Å². The van der Waals surface area contributed by atoms with Crippen LogP contribution < -0.4 is 11.1 Å². The number of hydrogen-bond acceptors (Lipinski definition) is 4. The summed E-state index contributed by atoms with van der Waals surface area (Å²) in [6.45, 7) is 2.80. The molecule has 16 heavy (non-hydrogen) atoms. The Labute approximate surface area is 88.4 Å². The highest BCUT2D eigenvalue weighted by Gasteiger charge is 2.35. The van der Waals surface area contributed by atoms with E-state index in [1.165, 1.54) is 13.8 Å². The molecule has 6 nitrogen and oxygen atoms in total. The van der Waals surface area contributed by atoms with Crippen LogP contribution >= 0.6 is 0 Å². The quantitative estimate of drug-likeness (QED) is 0.697. The van der Waals surface area contributed by atoms with Gasteiger partial charge in [0.2, 0.25) is 17.7 Å². The molecular formula is C7H10F3N5O. The summed E-state index contributed by atoms with van der Waals surface area (Å²) in [5.74, 6) is -2.42. The smallest absolute Gasteiger partial charge is 0.318 e. The lowest BCUT2D eigenvalue weighted by Gasteiger charge is -2.15. The van der Waals surface area contributed by atoms with Crippen molar-refractivity contribution in [3.63, 3.8) is 0 Å². The summed E-state index contributed by atoms with van der Waals surface area (Å²) < 4.78 is 36.3. The molecule has 0 atom stereocenters. The number of rotatable bonds is 2. The van der Waals surface area contributed by atoms with Gasteiger partial charge in [-0.15, -0.1) is 5.10 Å². The number of anilines is 1. The lowest BCUT2D eigenvalue weighted by atomic mass is 10.1. The molecule has 0 saturated heterocycles. The molecule has 0 fully saturated rings. The number of alkyl halides is 3. The van der Waals surface area contributed by atoms with Gasteiger partial charge < -0.3 is 5.73 Å². The minimum absolute atomic E-state index is 0.462. The fraction of sp³-hybridized carbons (Fsp3) is 0.571.